The Kier molecular flexibility index (Phi) is 2.01. The van der Waals surface area contributed by atoms with Crippen molar-refractivity contribution in [2.45, 2.75) is 6.42 Å². The van der Waals surface area contributed by atoms with Crippen LogP contribution in [0.1, 0.15) is 11.2 Å². The van der Waals surface area contributed by atoms with Gasteiger partial charge < -0.3 is 5.32 Å². The predicted octanol–water partition coefficient (Wildman–Crippen LogP) is 0.927. The Bertz CT molecular complexity index is 603. The highest BCUT2D eigenvalue weighted by Gasteiger charge is 2.24. The molecule has 0 aromatic carbocycles. The predicted molar refractivity (Wildman–Crippen MR) is 59.3 cm³/mol. The van der Waals surface area contributed by atoms with E-state index in [1.807, 2.05) is 6.07 Å². The summed E-state index contributed by atoms with van der Waals surface area (Å²) >= 11 is 0. The summed E-state index contributed by atoms with van der Waals surface area (Å²) in [5, 5.41) is 6.72. The minimum atomic E-state index is -0.328. The van der Waals surface area contributed by atoms with E-state index in [-0.39, 0.29) is 18.2 Å². The number of nitrogens with zero attached hydrogens (tertiary/aromatic N) is 3. The molecule has 6 nitrogen and oxygen atoms in total. The number of rotatable bonds is 1. The fourth-order valence-corrected chi connectivity index (χ4v) is 1.70. The van der Waals surface area contributed by atoms with Gasteiger partial charge in [-0.05, 0) is 12.1 Å². The molecular weight excluding hydrogens is 220 g/mol. The quantitative estimate of drug-likeness (QED) is 0.736. The molecule has 3 heterocycles. The molecule has 2 aromatic rings. The minimum absolute atomic E-state index is 0.170. The molecule has 1 N–H and O–H groups in total. The van der Waals surface area contributed by atoms with Crippen LogP contribution in [0.25, 0.3) is 11.4 Å². The van der Waals surface area contributed by atoms with E-state index in [0.29, 0.717) is 17.2 Å². The largest absolute Gasteiger partial charge is 0.310 e. The smallest absolute Gasteiger partial charge is 0.258 e. The summed E-state index contributed by atoms with van der Waals surface area (Å²) < 4.78 is 1.20. The monoisotopic (exact) mass is 228 g/mol. The number of pyridine rings is 1. The highest BCUT2D eigenvalue weighted by Crippen LogP contribution is 2.22. The van der Waals surface area contributed by atoms with Gasteiger partial charge in [-0.2, -0.15) is 9.78 Å². The molecule has 84 valence electrons. The molecule has 1 aliphatic heterocycles. The molecule has 0 aliphatic carbocycles. The summed E-state index contributed by atoms with van der Waals surface area (Å²) in [6.45, 7) is 0. The Balaban J connectivity index is 2.08. The highest BCUT2D eigenvalue weighted by atomic mass is 16.2. The lowest BCUT2D eigenvalue weighted by Crippen LogP contribution is -2.29. The second kappa shape index (κ2) is 3.51. The van der Waals surface area contributed by atoms with Gasteiger partial charge in [-0.15, -0.1) is 0 Å². The van der Waals surface area contributed by atoms with Gasteiger partial charge in [0.1, 0.15) is 17.9 Å². The molecule has 1 aliphatic rings. The summed E-state index contributed by atoms with van der Waals surface area (Å²) in [5.41, 5.74) is 1.23. The van der Waals surface area contributed by atoms with Crippen LogP contribution in [0.3, 0.4) is 0 Å². The maximum absolute atomic E-state index is 11.6. The number of carbonyl (C=O) groups is 2. The van der Waals surface area contributed by atoms with Crippen LogP contribution in [0.2, 0.25) is 0 Å². The number of anilines is 1. The van der Waals surface area contributed by atoms with E-state index in [1.54, 1.807) is 24.4 Å². The lowest BCUT2D eigenvalue weighted by atomic mass is 10.2. The normalized spacial score (nSPS) is 14.4. The van der Waals surface area contributed by atoms with Crippen molar-refractivity contribution in [3.63, 3.8) is 0 Å². The average Bonchev–Trinajstić information content (AvgIpc) is 2.74. The van der Waals surface area contributed by atoms with Gasteiger partial charge in [0.2, 0.25) is 5.91 Å². The van der Waals surface area contributed by atoms with Crippen molar-refractivity contribution >= 4 is 17.6 Å². The molecule has 2 aromatic heterocycles. The van der Waals surface area contributed by atoms with E-state index >= 15 is 0 Å². The maximum atomic E-state index is 11.6. The second-order valence-electron chi connectivity index (χ2n) is 3.66. The van der Waals surface area contributed by atoms with E-state index in [9.17, 15) is 9.59 Å². The van der Waals surface area contributed by atoms with E-state index in [4.69, 9.17) is 0 Å². The molecule has 17 heavy (non-hydrogen) atoms. The van der Waals surface area contributed by atoms with E-state index in [0.717, 1.165) is 0 Å². The van der Waals surface area contributed by atoms with Crippen LogP contribution >= 0.6 is 0 Å². The molecule has 0 saturated heterocycles. The first-order valence-corrected chi connectivity index (χ1v) is 5.08. The minimum Gasteiger partial charge on any atom is -0.310 e. The Morgan fingerprint density at radius 2 is 2.12 bits per heavy atom. The number of aromatic nitrogens is 3. The van der Waals surface area contributed by atoms with Crippen LogP contribution in [0, 0.1) is 0 Å². The van der Waals surface area contributed by atoms with Crippen molar-refractivity contribution in [1.29, 1.82) is 0 Å². The first-order valence-electron chi connectivity index (χ1n) is 5.08. The molecule has 1 amide bonds. The van der Waals surface area contributed by atoms with Gasteiger partial charge in [-0.25, -0.2) is 0 Å². The van der Waals surface area contributed by atoms with Gasteiger partial charge in [-0.1, -0.05) is 6.07 Å². The van der Waals surface area contributed by atoms with Crippen molar-refractivity contribution in [2.24, 2.45) is 0 Å². The zero-order valence-electron chi connectivity index (χ0n) is 8.75. The zero-order valence-corrected chi connectivity index (χ0v) is 8.75. The lowest BCUT2D eigenvalue weighted by Gasteiger charge is -2.11. The standard InChI is InChI=1S/C11H8N4O2/c16-10-6-11(17)15-9(13-10)5-8(14-15)7-3-1-2-4-12-7/h1-5H,6H2,(H,13,16). The van der Waals surface area contributed by atoms with Crippen molar-refractivity contribution in [1.82, 2.24) is 14.8 Å². The van der Waals surface area contributed by atoms with Crippen LogP contribution < -0.4 is 5.32 Å². The van der Waals surface area contributed by atoms with Crippen LogP contribution in [0.4, 0.5) is 5.82 Å². The van der Waals surface area contributed by atoms with Gasteiger partial charge in [0.05, 0.1) is 5.69 Å². The number of nitrogens with one attached hydrogen (secondary N) is 1. The van der Waals surface area contributed by atoms with Crippen LogP contribution in [0.5, 0.6) is 0 Å². The van der Waals surface area contributed by atoms with E-state index in [1.165, 1.54) is 4.68 Å². The number of hydrogen-bond acceptors (Lipinski definition) is 4. The first kappa shape index (κ1) is 9.71. The summed E-state index contributed by atoms with van der Waals surface area (Å²) in [4.78, 5) is 26.9. The third kappa shape index (κ3) is 1.59. The Labute approximate surface area is 96.3 Å². The van der Waals surface area contributed by atoms with Crippen molar-refractivity contribution in [3.8, 4) is 11.4 Å². The number of carbonyl (C=O) groups excluding carboxylic acids is 2. The van der Waals surface area contributed by atoms with Gasteiger partial charge in [0.25, 0.3) is 5.91 Å². The SMILES string of the molecule is O=C1CC(=O)n2nc(-c3ccccn3)cc2N1. The number of fused-ring (bicyclic) bond motifs is 1. The number of hydrogen-bond donors (Lipinski definition) is 1. The molecule has 0 unspecified atom stereocenters. The average molecular weight is 228 g/mol. The van der Waals surface area contributed by atoms with Crippen LogP contribution in [-0.4, -0.2) is 26.6 Å². The van der Waals surface area contributed by atoms with Gasteiger partial charge >= 0.3 is 0 Å². The summed E-state index contributed by atoms with van der Waals surface area (Å²) in [5.74, 6) is -0.243. The summed E-state index contributed by atoms with van der Waals surface area (Å²) in [6, 6.07) is 7.06. The van der Waals surface area contributed by atoms with Gasteiger partial charge in [0.15, 0.2) is 0 Å². The molecule has 0 bridgehead atoms. The molecule has 0 fully saturated rings. The summed E-state index contributed by atoms with van der Waals surface area (Å²) in [7, 11) is 0. The zero-order chi connectivity index (χ0) is 11.8. The fourth-order valence-electron chi connectivity index (χ4n) is 1.70. The molecular formula is C11H8N4O2. The molecule has 3 rings (SSSR count). The van der Waals surface area contributed by atoms with Crippen molar-refractivity contribution < 1.29 is 9.59 Å². The lowest BCUT2D eigenvalue weighted by molar-refractivity contribution is -0.115. The molecule has 0 saturated carbocycles. The van der Waals surface area contributed by atoms with E-state index < -0.39 is 0 Å². The van der Waals surface area contributed by atoms with E-state index in [2.05, 4.69) is 15.4 Å². The Morgan fingerprint density at radius 1 is 1.24 bits per heavy atom. The maximum Gasteiger partial charge on any atom is 0.258 e. The first-order chi connectivity index (χ1) is 8.24. The van der Waals surface area contributed by atoms with Crippen LogP contribution in [-0.2, 0) is 4.79 Å². The van der Waals surface area contributed by atoms with Crippen molar-refractivity contribution in [2.75, 3.05) is 5.32 Å². The fraction of sp³-hybridized carbons (Fsp3) is 0.0909. The van der Waals surface area contributed by atoms with Gasteiger partial charge in [-0.3, -0.25) is 14.6 Å². The van der Waals surface area contributed by atoms with Crippen molar-refractivity contribution in [3.05, 3.63) is 30.5 Å². The Hall–Kier alpha value is -2.50. The van der Waals surface area contributed by atoms with Gasteiger partial charge in [0, 0.05) is 12.3 Å². The summed E-state index contributed by atoms with van der Waals surface area (Å²) in [6.07, 6.45) is 1.48. The highest BCUT2D eigenvalue weighted by molar-refractivity contribution is 6.08. The third-order valence-corrected chi connectivity index (χ3v) is 2.45. The Morgan fingerprint density at radius 3 is 2.88 bits per heavy atom. The third-order valence-electron chi connectivity index (χ3n) is 2.45. The molecule has 0 atom stereocenters. The molecule has 6 heteroatoms. The molecule has 0 radical (unpaired) electrons. The number of amides is 1. The second-order valence-corrected chi connectivity index (χ2v) is 3.66. The topological polar surface area (TPSA) is 76.9 Å². The molecule has 0 spiro atoms. The van der Waals surface area contributed by atoms with Crippen LogP contribution in [0.15, 0.2) is 30.5 Å².